The van der Waals surface area contributed by atoms with Gasteiger partial charge in [-0.15, -0.1) is 0 Å². The molecule has 0 aliphatic heterocycles. The van der Waals surface area contributed by atoms with E-state index >= 15 is 0 Å². The summed E-state index contributed by atoms with van der Waals surface area (Å²) < 4.78 is 0. The highest BCUT2D eigenvalue weighted by Crippen LogP contribution is 2.16. The van der Waals surface area contributed by atoms with Crippen LogP contribution in [0.15, 0.2) is 48.5 Å². The maximum atomic E-state index is 12.2. The highest BCUT2D eigenvalue weighted by Gasteiger charge is 2.12. The summed E-state index contributed by atoms with van der Waals surface area (Å²) in [5.74, 6) is 0.207. The van der Waals surface area contributed by atoms with Gasteiger partial charge in [-0.1, -0.05) is 43.3 Å². The van der Waals surface area contributed by atoms with E-state index in [2.05, 4.69) is 24.4 Å². The lowest BCUT2D eigenvalue weighted by atomic mass is 10.0. The number of hydrogen-bond donors (Lipinski definition) is 2. The van der Waals surface area contributed by atoms with E-state index in [0.717, 1.165) is 5.56 Å². The maximum Gasteiger partial charge on any atom is 0.251 e. The molecule has 0 aliphatic rings. The third-order valence-electron chi connectivity index (χ3n) is 3.56. The average Bonchev–Trinajstić information content (AvgIpc) is 2.48. The van der Waals surface area contributed by atoms with Crippen LogP contribution in [0.2, 0.25) is 0 Å². The van der Waals surface area contributed by atoms with Crippen LogP contribution in [0.25, 0.3) is 0 Å². The number of nitrogen functional groups attached to an aromatic ring is 1. The van der Waals surface area contributed by atoms with Gasteiger partial charge in [-0.25, -0.2) is 0 Å². The van der Waals surface area contributed by atoms with Gasteiger partial charge in [-0.3, -0.25) is 4.79 Å². The van der Waals surface area contributed by atoms with E-state index in [9.17, 15) is 4.79 Å². The smallest absolute Gasteiger partial charge is 0.251 e. The summed E-state index contributed by atoms with van der Waals surface area (Å²) in [6.45, 7) is 4.57. The fourth-order valence-corrected chi connectivity index (χ4v) is 2.14. The van der Waals surface area contributed by atoms with Crippen LogP contribution >= 0.6 is 0 Å². The largest absolute Gasteiger partial charge is 0.398 e. The van der Waals surface area contributed by atoms with Crippen molar-refractivity contribution < 1.29 is 4.79 Å². The van der Waals surface area contributed by atoms with Crippen molar-refractivity contribution in [3.63, 3.8) is 0 Å². The van der Waals surface area contributed by atoms with Crippen LogP contribution in [0.5, 0.6) is 0 Å². The molecule has 3 heteroatoms. The first-order valence-corrected chi connectivity index (χ1v) is 6.78. The minimum atomic E-state index is -0.0717. The Kier molecular flexibility index (Phi) is 4.41. The van der Waals surface area contributed by atoms with Gasteiger partial charge in [0.15, 0.2) is 0 Å². The lowest BCUT2D eigenvalue weighted by Crippen LogP contribution is -2.28. The summed E-state index contributed by atoms with van der Waals surface area (Å²) in [7, 11) is 0. The van der Waals surface area contributed by atoms with Crippen molar-refractivity contribution in [2.24, 2.45) is 0 Å². The molecular formula is C17H20N2O. The Labute approximate surface area is 119 Å². The average molecular weight is 268 g/mol. The fraction of sp³-hybridized carbons (Fsp3) is 0.235. The van der Waals surface area contributed by atoms with Gasteiger partial charge in [0.25, 0.3) is 5.91 Å². The zero-order chi connectivity index (χ0) is 14.5. The molecule has 0 bridgehead atoms. The first-order valence-electron chi connectivity index (χ1n) is 6.78. The zero-order valence-electron chi connectivity index (χ0n) is 11.9. The highest BCUT2D eigenvalue weighted by molar-refractivity contribution is 5.96. The van der Waals surface area contributed by atoms with Crippen molar-refractivity contribution in [3.8, 4) is 0 Å². The second-order valence-electron chi connectivity index (χ2n) is 5.04. The molecular weight excluding hydrogens is 248 g/mol. The van der Waals surface area contributed by atoms with Gasteiger partial charge in [-0.2, -0.15) is 0 Å². The van der Waals surface area contributed by atoms with Gasteiger partial charge < -0.3 is 11.1 Å². The monoisotopic (exact) mass is 268 g/mol. The number of nitrogens with two attached hydrogens (primary N) is 1. The minimum absolute atomic E-state index is 0.0717. The van der Waals surface area contributed by atoms with Crippen LogP contribution in [0.1, 0.15) is 34.3 Å². The Bertz CT molecular complexity index is 593. The lowest BCUT2D eigenvalue weighted by Gasteiger charge is -2.14. The molecule has 0 fully saturated rings. The van der Waals surface area contributed by atoms with E-state index in [1.165, 1.54) is 5.56 Å². The number of hydrogen-bond acceptors (Lipinski definition) is 2. The Hall–Kier alpha value is -2.29. The van der Waals surface area contributed by atoms with Crippen molar-refractivity contribution in [1.29, 1.82) is 0 Å². The second-order valence-corrected chi connectivity index (χ2v) is 5.04. The molecule has 0 aromatic heterocycles. The van der Waals surface area contributed by atoms with Crippen LogP contribution in [-0.2, 0) is 0 Å². The fourth-order valence-electron chi connectivity index (χ4n) is 2.14. The molecule has 0 radical (unpaired) electrons. The van der Waals surface area contributed by atoms with Gasteiger partial charge in [0.2, 0.25) is 0 Å². The molecule has 1 amide bonds. The molecule has 2 aromatic rings. The summed E-state index contributed by atoms with van der Waals surface area (Å²) >= 11 is 0. The molecule has 1 atom stereocenters. The number of rotatable bonds is 4. The van der Waals surface area contributed by atoms with Crippen molar-refractivity contribution in [1.82, 2.24) is 5.32 Å². The zero-order valence-corrected chi connectivity index (χ0v) is 11.9. The van der Waals surface area contributed by atoms with Gasteiger partial charge >= 0.3 is 0 Å². The van der Waals surface area contributed by atoms with Crippen LogP contribution in [0, 0.1) is 6.92 Å². The van der Waals surface area contributed by atoms with E-state index in [-0.39, 0.29) is 11.8 Å². The molecule has 2 aromatic carbocycles. The molecule has 0 saturated carbocycles. The summed E-state index contributed by atoms with van der Waals surface area (Å²) in [4.78, 5) is 12.2. The number of anilines is 1. The summed E-state index contributed by atoms with van der Waals surface area (Å²) in [6.07, 6.45) is 0. The molecule has 0 aliphatic carbocycles. The number of carbonyl (C=O) groups excluding carboxylic acids is 1. The predicted octanol–water partition coefficient (Wildman–Crippen LogP) is 3.11. The first kappa shape index (κ1) is 14.1. The number of carbonyl (C=O) groups is 1. The van der Waals surface area contributed by atoms with Gasteiger partial charge in [0.1, 0.15) is 0 Å². The van der Waals surface area contributed by atoms with Gasteiger partial charge in [-0.05, 0) is 36.1 Å². The quantitative estimate of drug-likeness (QED) is 0.837. The topological polar surface area (TPSA) is 55.1 Å². The Balaban J connectivity index is 2.01. The molecule has 3 N–H and O–H groups in total. The molecule has 20 heavy (non-hydrogen) atoms. The van der Waals surface area contributed by atoms with Crippen LogP contribution in [0.4, 0.5) is 5.69 Å². The Morgan fingerprint density at radius 2 is 1.85 bits per heavy atom. The normalized spacial score (nSPS) is 11.9. The minimum Gasteiger partial charge on any atom is -0.398 e. The summed E-state index contributed by atoms with van der Waals surface area (Å²) in [6, 6.07) is 15.6. The predicted molar refractivity (Wildman–Crippen MR) is 82.8 cm³/mol. The maximum absolute atomic E-state index is 12.2. The van der Waals surface area contributed by atoms with Crippen molar-refractivity contribution in [2.75, 3.05) is 12.3 Å². The number of benzene rings is 2. The van der Waals surface area contributed by atoms with E-state index in [4.69, 9.17) is 5.73 Å². The SMILES string of the molecule is Cc1c(N)cccc1C(=O)NCC(C)c1ccccc1. The van der Waals surface area contributed by atoms with E-state index < -0.39 is 0 Å². The van der Waals surface area contributed by atoms with Gasteiger partial charge in [0.05, 0.1) is 0 Å². The van der Waals surface area contributed by atoms with Crippen molar-refractivity contribution >= 4 is 11.6 Å². The molecule has 0 heterocycles. The Morgan fingerprint density at radius 1 is 1.15 bits per heavy atom. The van der Waals surface area contributed by atoms with Crippen molar-refractivity contribution in [2.45, 2.75) is 19.8 Å². The lowest BCUT2D eigenvalue weighted by molar-refractivity contribution is 0.0951. The van der Waals surface area contributed by atoms with Crippen LogP contribution < -0.4 is 11.1 Å². The molecule has 1 unspecified atom stereocenters. The second kappa shape index (κ2) is 6.24. The van der Waals surface area contributed by atoms with E-state index in [1.807, 2.05) is 25.1 Å². The van der Waals surface area contributed by atoms with E-state index in [0.29, 0.717) is 17.8 Å². The van der Waals surface area contributed by atoms with Crippen LogP contribution in [0.3, 0.4) is 0 Å². The molecule has 0 spiro atoms. The third-order valence-corrected chi connectivity index (χ3v) is 3.56. The Morgan fingerprint density at radius 3 is 2.55 bits per heavy atom. The van der Waals surface area contributed by atoms with Gasteiger partial charge in [0, 0.05) is 17.8 Å². The molecule has 3 nitrogen and oxygen atoms in total. The van der Waals surface area contributed by atoms with Crippen molar-refractivity contribution in [3.05, 3.63) is 65.2 Å². The molecule has 2 rings (SSSR count). The summed E-state index contributed by atoms with van der Waals surface area (Å²) in [5.41, 5.74) is 9.17. The third kappa shape index (κ3) is 3.18. The number of nitrogens with one attached hydrogen (secondary N) is 1. The molecule has 0 saturated heterocycles. The highest BCUT2D eigenvalue weighted by atomic mass is 16.1. The van der Waals surface area contributed by atoms with Crippen LogP contribution in [-0.4, -0.2) is 12.5 Å². The standard InChI is InChI=1S/C17H20N2O/c1-12(14-7-4-3-5-8-14)11-19-17(20)15-9-6-10-16(18)13(15)2/h3-10,12H,11,18H2,1-2H3,(H,19,20). The molecule has 104 valence electrons. The number of amides is 1. The first-order chi connectivity index (χ1) is 9.59. The summed E-state index contributed by atoms with van der Waals surface area (Å²) in [5, 5.41) is 2.97. The van der Waals surface area contributed by atoms with E-state index in [1.54, 1.807) is 18.2 Å².